The number of ether oxygens (including phenoxy) is 3. The van der Waals surface area contributed by atoms with Crippen LogP contribution in [0.25, 0.3) is 0 Å². The van der Waals surface area contributed by atoms with Gasteiger partial charge in [-0.3, -0.25) is 0 Å². The van der Waals surface area contributed by atoms with E-state index in [-0.39, 0.29) is 6.79 Å². The Morgan fingerprint density at radius 1 is 1.14 bits per heavy atom. The standard InChI is InChI=1S/C18H28O4/c1-3-14(2)20-11-7-5-4-6-8-16(19)15-9-10-17-18(12-15)22-13-21-17/h9-10,12,14,16,19H,3-8,11,13H2,1-2H3. The van der Waals surface area contributed by atoms with Gasteiger partial charge >= 0.3 is 0 Å². The number of fused-ring (bicyclic) bond motifs is 1. The highest BCUT2D eigenvalue weighted by molar-refractivity contribution is 5.45. The van der Waals surface area contributed by atoms with Crippen LogP contribution >= 0.6 is 0 Å². The molecule has 22 heavy (non-hydrogen) atoms. The molecule has 4 nitrogen and oxygen atoms in total. The molecule has 4 heteroatoms. The first kappa shape index (κ1) is 17.1. The molecule has 2 rings (SSSR count). The summed E-state index contributed by atoms with van der Waals surface area (Å²) in [7, 11) is 0. The second-order valence-electron chi connectivity index (χ2n) is 5.92. The van der Waals surface area contributed by atoms with Crippen molar-refractivity contribution in [1.29, 1.82) is 0 Å². The predicted octanol–water partition coefficient (Wildman–Crippen LogP) is 4.21. The summed E-state index contributed by atoms with van der Waals surface area (Å²) in [6, 6.07) is 5.66. The Bertz CT molecular complexity index is 447. The van der Waals surface area contributed by atoms with E-state index in [2.05, 4.69) is 13.8 Å². The van der Waals surface area contributed by atoms with Crippen LogP contribution in [0.5, 0.6) is 11.5 Å². The number of rotatable bonds is 10. The predicted molar refractivity (Wildman–Crippen MR) is 86.3 cm³/mol. The van der Waals surface area contributed by atoms with E-state index in [0.29, 0.717) is 6.10 Å². The number of hydrogen-bond donors (Lipinski definition) is 1. The number of unbranched alkanes of at least 4 members (excludes halogenated alkanes) is 3. The van der Waals surface area contributed by atoms with Crippen LogP contribution in [0.2, 0.25) is 0 Å². The molecule has 1 aromatic rings. The fraction of sp³-hybridized carbons (Fsp3) is 0.667. The average Bonchev–Trinajstić information content (AvgIpc) is 3.00. The van der Waals surface area contributed by atoms with Gasteiger partial charge in [-0.15, -0.1) is 0 Å². The Hall–Kier alpha value is -1.26. The molecule has 2 atom stereocenters. The average molecular weight is 308 g/mol. The van der Waals surface area contributed by atoms with Gasteiger partial charge in [0.05, 0.1) is 12.2 Å². The molecule has 0 aliphatic carbocycles. The molecule has 1 N–H and O–H groups in total. The molecule has 1 aromatic carbocycles. The van der Waals surface area contributed by atoms with E-state index in [1.165, 1.54) is 0 Å². The van der Waals surface area contributed by atoms with Crippen molar-refractivity contribution in [2.24, 2.45) is 0 Å². The number of hydrogen-bond acceptors (Lipinski definition) is 4. The molecule has 0 saturated carbocycles. The summed E-state index contributed by atoms with van der Waals surface area (Å²) in [4.78, 5) is 0. The molecule has 1 aliphatic rings. The second-order valence-corrected chi connectivity index (χ2v) is 5.92. The Balaban J connectivity index is 1.59. The third-order valence-electron chi connectivity index (χ3n) is 4.13. The minimum absolute atomic E-state index is 0.271. The molecule has 0 spiro atoms. The number of aliphatic hydroxyl groups is 1. The smallest absolute Gasteiger partial charge is 0.231 e. The van der Waals surface area contributed by atoms with Crippen molar-refractivity contribution < 1.29 is 19.3 Å². The lowest BCUT2D eigenvalue weighted by Crippen LogP contribution is -2.07. The Kier molecular flexibility index (Phi) is 7.00. The summed E-state index contributed by atoms with van der Waals surface area (Å²) in [6.45, 7) is 5.37. The van der Waals surface area contributed by atoms with E-state index >= 15 is 0 Å². The third kappa shape index (κ3) is 5.18. The van der Waals surface area contributed by atoms with Crippen molar-refractivity contribution in [3.63, 3.8) is 0 Å². The van der Waals surface area contributed by atoms with E-state index in [1.54, 1.807) is 0 Å². The minimum atomic E-state index is -0.425. The zero-order chi connectivity index (χ0) is 15.8. The van der Waals surface area contributed by atoms with Crippen LogP contribution in [0.15, 0.2) is 18.2 Å². The molecule has 0 bridgehead atoms. The van der Waals surface area contributed by atoms with Crippen molar-refractivity contribution in [3.8, 4) is 11.5 Å². The van der Waals surface area contributed by atoms with Gasteiger partial charge in [0.25, 0.3) is 0 Å². The maximum Gasteiger partial charge on any atom is 0.231 e. The Morgan fingerprint density at radius 3 is 2.73 bits per heavy atom. The largest absolute Gasteiger partial charge is 0.454 e. The zero-order valence-corrected chi connectivity index (χ0v) is 13.7. The van der Waals surface area contributed by atoms with Gasteiger partial charge in [-0.25, -0.2) is 0 Å². The summed E-state index contributed by atoms with van der Waals surface area (Å²) >= 11 is 0. The van der Waals surface area contributed by atoms with E-state index in [0.717, 1.165) is 62.2 Å². The normalized spacial score (nSPS) is 15.8. The number of benzene rings is 1. The quantitative estimate of drug-likeness (QED) is 0.658. The monoisotopic (exact) mass is 308 g/mol. The molecule has 1 heterocycles. The molecule has 0 fully saturated rings. The lowest BCUT2D eigenvalue weighted by atomic mass is 10.0. The summed E-state index contributed by atoms with van der Waals surface area (Å²) in [5.74, 6) is 1.50. The van der Waals surface area contributed by atoms with Crippen LogP contribution in [0.1, 0.15) is 64.0 Å². The van der Waals surface area contributed by atoms with Crippen molar-refractivity contribution in [2.45, 2.75) is 64.6 Å². The van der Waals surface area contributed by atoms with E-state index in [9.17, 15) is 5.11 Å². The van der Waals surface area contributed by atoms with Crippen LogP contribution in [0, 0.1) is 0 Å². The molecule has 124 valence electrons. The van der Waals surface area contributed by atoms with Crippen molar-refractivity contribution in [1.82, 2.24) is 0 Å². The van der Waals surface area contributed by atoms with Crippen LogP contribution in [-0.2, 0) is 4.74 Å². The van der Waals surface area contributed by atoms with E-state index < -0.39 is 6.10 Å². The molecule has 0 amide bonds. The first-order valence-corrected chi connectivity index (χ1v) is 8.40. The molecule has 0 saturated heterocycles. The SMILES string of the molecule is CCC(C)OCCCCCCC(O)c1ccc2c(c1)OCO2. The van der Waals surface area contributed by atoms with E-state index in [4.69, 9.17) is 14.2 Å². The molecular weight excluding hydrogens is 280 g/mol. The second kappa shape index (κ2) is 9.01. The maximum absolute atomic E-state index is 10.2. The summed E-state index contributed by atoms with van der Waals surface area (Å²) < 4.78 is 16.3. The number of aliphatic hydroxyl groups excluding tert-OH is 1. The fourth-order valence-corrected chi connectivity index (χ4v) is 2.48. The first-order chi connectivity index (χ1) is 10.7. The lowest BCUT2D eigenvalue weighted by molar-refractivity contribution is 0.0606. The molecule has 1 aliphatic heterocycles. The summed E-state index contributed by atoms with van der Waals surface area (Å²) in [6.07, 6.45) is 6.21. The van der Waals surface area contributed by atoms with Gasteiger partial charge < -0.3 is 19.3 Å². The van der Waals surface area contributed by atoms with Crippen molar-refractivity contribution in [3.05, 3.63) is 23.8 Å². The third-order valence-corrected chi connectivity index (χ3v) is 4.13. The fourth-order valence-electron chi connectivity index (χ4n) is 2.48. The summed E-state index contributed by atoms with van der Waals surface area (Å²) in [5, 5.41) is 10.2. The topological polar surface area (TPSA) is 47.9 Å². The highest BCUT2D eigenvalue weighted by Gasteiger charge is 2.16. The molecule has 2 unspecified atom stereocenters. The van der Waals surface area contributed by atoms with Crippen LogP contribution in [-0.4, -0.2) is 24.6 Å². The van der Waals surface area contributed by atoms with Crippen LogP contribution < -0.4 is 9.47 Å². The van der Waals surface area contributed by atoms with Crippen molar-refractivity contribution >= 4 is 0 Å². The van der Waals surface area contributed by atoms with Gasteiger partial charge in [0.1, 0.15) is 0 Å². The Morgan fingerprint density at radius 2 is 1.91 bits per heavy atom. The minimum Gasteiger partial charge on any atom is -0.454 e. The van der Waals surface area contributed by atoms with Gasteiger partial charge in [0, 0.05) is 6.61 Å². The highest BCUT2D eigenvalue weighted by Crippen LogP contribution is 2.35. The molecule has 0 aromatic heterocycles. The maximum atomic E-state index is 10.2. The highest BCUT2D eigenvalue weighted by atomic mass is 16.7. The van der Waals surface area contributed by atoms with Gasteiger partial charge in [0.2, 0.25) is 6.79 Å². The Labute approximate surface area is 133 Å². The van der Waals surface area contributed by atoms with Crippen LogP contribution in [0.4, 0.5) is 0 Å². The van der Waals surface area contributed by atoms with E-state index in [1.807, 2.05) is 18.2 Å². The van der Waals surface area contributed by atoms with Gasteiger partial charge in [-0.05, 0) is 43.9 Å². The molecule has 0 radical (unpaired) electrons. The van der Waals surface area contributed by atoms with Gasteiger partial charge in [0.15, 0.2) is 11.5 Å². The first-order valence-electron chi connectivity index (χ1n) is 8.40. The summed E-state index contributed by atoms with van der Waals surface area (Å²) in [5.41, 5.74) is 0.907. The van der Waals surface area contributed by atoms with Crippen LogP contribution in [0.3, 0.4) is 0 Å². The lowest BCUT2D eigenvalue weighted by Gasteiger charge is -2.12. The zero-order valence-electron chi connectivity index (χ0n) is 13.7. The van der Waals surface area contributed by atoms with Crippen molar-refractivity contribution in [2.75, 3.05) is 13.4 Å². The van der Waals surface area contributed by atoms with Gasteiger partial charge in [-0.1, -0.05) is 32.3 Å². The molecular formula is C18H28O4. The van der Waals surface area contributed by atoms with Gasteiger partial charge in [-0.2, -0.15) is 0 Å².